The van der Waals surface area contributed by atoms with E-state index in [0.29, 0.717) is 50.6 Å². The van der Waals surface area contributed by atoms with Crippen molar-refractivity contribution < 1.29 is 32.7 Å². The number of benzene rings is 1. The molecule has 2 aliphatic carbocycles. The Kier molecular flexibility index (Phi) is 8.40. The number of rotatable bonds is 6. The Morgan fingerprint density at radius 1 is 1.02 bits per heavy atom. The first-order chi connectivity index (χ1) is 19.6. The highest BCUT2D eigenvalue weighted by molar-refractivity contribution is 7.91. The fourth-order valence-corrected chi connectivity index (χ4v) is 7.18. The Hall–Kier alpha value is -3.41. The lowest BCUT2D eigenvalue weighted by molar-refractivity contribution is -0.142. The molecule has 0 unspecified atom stereocenters. The SMILES string of the molecule is O=C(Cc1ccc(O)cc1)N[C@H]1CCCCC/C=C\[C@@H]2C[C@@]2(C(=O)NS(=O)(=O)C2CC2)NC(=O)[C@@H]2CCCN2C1=O. The molecule has 4 atom stereocenters. The molecular weight excluding hydrogens is 548 g/mol. The number of fused-ring (bicyclic) bond motifs is 2. The molecule has 1 saturated heterocycles. The number of nitrogens with zero attached hydrogens (tertiary/aromatic N) is 1. The van der Waals surface area contributed by atoms with Crippen LogP contribution in [0.15, 0.2) is 36.4 Å². The summed E-state index contributed by atoms with van der Waals surface area (Å²) in [5.41, 5.74) is -0.675. The summed E-state index contributed by atoms with van der Waals surface area (Å²) in [6, 6.07) is 4.67. The van der Waals surface area contributed by atoms with E-state index in [0.717, 1.165) is 19.3 Å². The molecule has 1 aromatic rings. The Balaban J connectivity index is 1.32. The molecule has 0 spiro atoms. The Bertz CT molecular complexity index is 1320. The van der Waals surface area contributed by atoms with Crippen LogP contribution in [0.2, 0.25) is 0 Å². The molecule has 0 bridgehead atoms. The van der Waals surface area contributed by atoms with E-state index in [1.165, 1.54) is 17.0 Å². The molecule has 11 nitrogen and oxygen atoms in total. The Labute approximate surface area is 240 Å². The van der Waals surface area contributed by atoms with Crippen LogP contribution in [0.3, 0.4) is 0 Å². The van der Waals surface area contributed by atoms with Crippen molar-refractivity contribution in [1.82, 2.24) is 20.3 Å². The van der Waals surface area contributed by atoms with Crippen molar-refractivity contribution in [3.63, 3.8) is 0 Å². The molecule has 0 aromatic heterocycles. The van der Waals surface area contributed by atoms with Crippen molar-refractivity contribution >= 4 is 33.7 Å². The minimum Gasteiger partial charge on any atom is -0.508 e. The van der Waals surface area contributed by atoms with Crippen molar-refractivity contribution in [2.45, 2.75) is 93.5 Å². The van der Waals surface area contributed by atoms with E-state index >= 15 is 0 Å². The zero-order valence-corrected chi connectivity index (χ0v) is 23.8. The maximum Gasteiger partial charge on any atom is 0.259 e. The number of carbonyl (C=O) groups is 4. The van der Waals surface area contributed by atoms with Crippen molar-refractivity contribution in [1.29, 1.82) is 0 Å². The van der Waals surface area contributed by atoms with Gasteiger partial charge < -0.3 is 20.6 Å². The highest BCUT2D eigenvalue weighted by Gasteiger charge is 2.61. The lowest BCUT2D eigenvalue weighted by atomic mass is 10.0. The molecule has 222 valence electrons. The monoisotopic (exact) mass is 586 g/mol. The molecule has 2 heterocycles. The van der Waals surface area contributed by atoms with Gasteiger partial charge in [0.1, 0.15) is 23.4 Å². The molecule has 4 aliphatic rings. The van der Waals surface area contributed by atoms with Gasteiger partial charge in [-0.2, -0.15) is 0 Å². The van der Waals surface area contributed by atoms with Crippen LogP contribution in [0, 0.1) is 5.92 Å². The molecule has 2 saturated carbocycles. The second-order valence-corrected chi connectivity index (χ2v) is 13.6. The van der Waals surface area contributed by atoms with Crippen LogP contribution >= 0.6 is 0 Å². The van der Waals surface area contributed by atoms with Crippen molar-refractivity contribution in [2.24, 2.45) is 5.92 Å². The summed E-state index contributed by atoms with van der Waals surface area (Å²) in [4.78, 5) is 55.0. The summed E-state index contributed by atoms with van der Waals surface area (Å²) in [7, 11) is -3.79. The van der Waals surface area contributed by atoms with Crippen LogP contribution in [0.1, 0.15) is 69.8 Å². The molecule has 41 heavy (non-hydrogen) atoms. The number of sulfonamides is 1. The van der Waals surface area contributed by atoms with Gasteiger partial charge in [-0.1, -0.05) is 37.1 Å². The van der Waals surface area contributed by atoms with Gasteiger partial charge in [0.05, 0.1) is 11.7 Å². The molecule has 3 fully saturated rings. The predicted molar refractivity (Wildman–Crippen MR) is 150 cm³/mol. The van der Waals surface area contributed by atoms with E-state index < -0.39 is 44.7 Å². The largest absolute Gasteiger partial charge is 0.508 e. The van der Waals surface area contributed by atoms with E-state index in [9.17, 15) is 32.7 Å². The van der Waals surface area contributed by atoms with Crippen molar-refractivity contribution in [3.05, 3.63) is 42.0 Å². The average Bonchev–Trinajstić information content (AvgIpc) is 3.84. The van der Waals surface area contributed by atoms with Gasteiger partial charge in [0.15, 0.2) is 0 Å². The van der Waals surface area contributed by atoms with Gasteiger partial charge in [-0.05, 0) is 69.1 Å². The molecule has 1 aromatic carbocycles. The van der Waals surface area contributed by atoms with E-state index in [-0.39, 0.29) is 36.3 Å². The first-order valence-electron chi connectivity index (χ1n) is 14.5. The third-order valence-electron chi connectivity index (χ3n) is 8.47. The molecule has 2 aliphatic heterocycles. The van der Waals surface area contributed by atoms with Gasteiger partial charge in [0.2, 0.25) is 27.7 Å². The third-order valence-corrected chi connectivity index (χ3v) is 10.3. The number of allylic oxidation sites excluding steroid dienone is 1. The van der Waals surface area contributed by atoms with Crippen LogP contribution in [0.4, 0.5) is 0 Å². The number of hydrogen-bond acceptors (Lipinski definition) is 7. The van der Waals surface area contributed by atoms with Crippen molar-refractivity contribution in [2.75, 3.05) is 6.54 Å². The highest BCUT2D eigenvalue weighted by Crippen LogP contribution is 2.46. The Morgan fingerprint density at radius 2 is 1.78 bits per heavy atom. The molecule has 12 heteroatoms. The maximum atomic E-state index is 13.7. The average molecular weight is 587 g/mol. The summed E-state index contributed by atoms with van der Waals surface area (Å²) < 4.78 is 27.2. The fraction of sp³-hybridized carbons (Fsp3) is 0.586. The number of aromatic hydroxyl groups is 1. The molecule has 4 N–H and O–H groups in total. The first-order valence-corrected chi connectivity index (χ1v) is 16.1. The zero-order chi connectivity index (χ0) is 29.2. The standard InChI is InChI=1S/C29H38N4O7S/c34-21-12-10-19(11-13-21)17-25(35)30-23-8-5-3-1-2-4-7-20-18-29(20,28(38)32-41(39,40)22-14-15-22)31-26(36)24-9-6-16-33(24)27(23)37/h4,7,10-13,20,22-24,34H,1-3,5-6,8-9,14-18H2,(H,30,35)(H,31,36)(H,32,38)/b7-4-/t20-,23+,24+,29-/m1/s1. The number of carbonyl (C=O) groups excluding carboxylic acids is 4. The van der Waals surface area contributed by atoms with Gasteiger partial charge in [-0.15, -0.1) is 0 Å². The number of hydrogen-bond donors (Lipinski definition) is 4. The quantitative estimate of drug-likeness (QED) is 0.367. The summed E-state index contributed by atoms with van der Waals surface area (Å²) in [6.45, 7) is 0.347. The smallest absolute Gasteiger partial charge is 0.259 e. The third kappa shape index (κ3) is 6.74. The summed E-state index contributed by atoms with van der Waals surface area (Å²) in [6.07, 6.45) is 9.76. The number of phenols is 1. The summed E-state index contributed by atoms with van der Waals surface area (Å²) in [5.74, 6) is -2.12. The summed E-state index contributed by atoms with van der Waals surface area (Å²) in [5, 5.41) is 14.6. The number of phenolic OH excluding ortho intramolecular Hbond substituents is 1. The second kappa shape index (κ2) is 11.8. The van der Waals surface area contributed by atoms with E-state index in [2.05, 4.69) is 15.4 Å². The molecule has 5 rings (SSSR count). The zero-order valence-electron chi connectivity index (χ0n) is 23.0. The number of amides is 4. The minimum absolute atomic E-state index is 0.0432. The number of nitrogens with one attached hydrogen (secondary N) is 3. The van der Waals surface area contributed by atoms with Gasteiger partial charge in [0.25, 0.3) is 5.91 Å². The van der Waals surface area contributed by atoms with Gasteiger partial charge >= 0.3 is 0 Å². The van der Waals surface area contributed by atoms with E-state index in [4.69, 9.17) is 0 Å². The normalized spacial score (nSPS) is 29.7. The lowest BCUT2D eigenvalue weighted by Gasteiger charge is -2.30. The van der Waals surface area contributed by atoms with Crippen molar-refractivity contribution in [3.8, 4) is 5.75 Å². The van der Waals surface area contributed by atoms with Gasteiger partial charge in [0, 0.05) is 12.5 Å². The lowest BCUT2D eigenvalue weighted by Crippen LogP contribution is -2.58. The van der Waals surface area contributed by atoms with E-state index in [1.54, 1.807) is 12.1 Å². The highest BCUT2D eigenvalue weighted by atomic mass is 32.2. The van der Waals surface area contributed by atoms with Gasteiger partial charge in [-0.25, -0.2) is 8.42 Å². The van der Waals surface area contributed by atoms with Gasteiger partial charge in [-0.3, -0.25) is 23.9 Å². The van der Waals surface area contributed by atoms with Crippen LogP contribution in [-0.2, 0) is 35.6 Å². The topological polar surface area (TPSA) is 162 Å². The molecular formula is C29H38N4O7S. The summed E-state index contributed by atoms with van der Waals surface area (Å²) >= 11 is 0. The van der Waals surface area contributed by atoms with Crippen LogP contribution in [-0.4, -0.2) is 71.5 Å². The van der Waals surface area contributed by atoms with Crippen LogP contribution in [0.5, 0.6) is 5.75 Å². The predicted octanol–water partition coefficient (Wildman–Crippen LogP) is 1.41. The first kappa shape index (κ1) is 29.1. The minimum atomic E-state index is -3.79. The van der Waals surface area contributed by atoms with Crippen LogP contribution in [0.25, 0.3) is 0 Å². The van der Waals surface area contributed by atoms with E-state index in [1.807, 2.05) is 12.2 Å². The fourth-order valence-electron chi connectivity index (χ4n) is 5.82. The maximum absolute atomic E-state index is 13.7. The van der Waals surface area contributed by atoms with Crippen LogP contribution < -0.4 is 15.4 Å². The Morgan fingerprint density at radius 3 is 2.51 bits per heavy atom. The molecule has 0 radical (unpaired) electrons. The second-order valence-electron chi connectivity index (χ2n) is 11.7. The molecule has 4 amide bonds.